The molecule has 0 aromatic heterocycles. The van der Waals surface area contributed by atoms with E-state index in [-0.39, 0.29) is 11.3 Å². The van der Waals surface area contributed by atoms with Crippen molar-refractivity contribution in [2.75, 3.05) is 19.6 Å². The summed E-state index contributed by atoms with van der Waals surface area (Å²) in [5.74, 6) is -0.273. The number of likely N-dealkylation sites (tertiary alicyclic amines) is 1. The van der Waals surface area contributed by atoms with Crippen LogP contribution in [0.2, 0.25) is 0 Å². The first-order valence-electron chi connectivity index (χ1n) is 8.80. The maximum Gasteiger partial charge on any atom is 0.307 e. The third kappa shape index (κ3) is 5.35. The van der Waals surface area contributed by atoms with Crippen LogP contribution in [-0.2, 0) is 16.6 Å². The Bertz CT molecular complexity index is 515. The molecule has 1 heterocycles. The number of piperidine rings is 1. The summed E-state index contributed by atoms with van der Waals surface area (Å²) in [6.45, 7) is 11.7. The predicted molar refractivity (Wildman–Crippen MR) is 94.8 cm³/mol. The van der Waals surface area contributed by atoms with Gasteiger partial charge in [-0.1, -0.05) is 52.0 Å². The van der Waals surface area contributed by atoms with Crippen molar-refractivity contribution in [1.82, 2.24) is 4.90 Å². The van der Waals surface area contributed by atoms with Crippen molar-refractivity contribution < 1.29 is 9.90 Å². The van der Waals surface area contributed by atoms with Gasteiger partial charge in [0.05, 0.1) is 5.92 Å². The largest absolute Gasteiger partial charge is 0.481 e. The van der Waals surface area contributed by atoms with Gasteiger partial charge in [-0.05, 0) is 48.3 Å². The Balaban J connectivity index is 1.87. The molecule has 23 heavy (non-hydrogen) atoms. The number of rotatable bonds is 5. The van der Waals surface area contributed by atoms with Gasteiger partial charge in [0.1, 0.15) is 0 Å². The van der Waals surface area contributed by atoms with Gasteiger partial charge in [0.25, 0.3) is 0 Å². The molecule has 0 spiro atoms. The molecule has 3 heteroatoms. The van der Waals surface area contributed by atoms with Gasteiger partial charge in [-0.3, -0.25) is 4.79 Å². The molecule has 1 fully saturated rings. The lowest BCUT2D eigenvalue weighted by atomic mass is 9.86. The van der Waals surface area contributed by atoms with Gasteiger partial charge >= 0.3 is 5.97 Å². The maximum atomic E-state index is 11.2. The number of carboxylic acid groups (broad SMARTS) is 1. The third-order valence-electron chi connectivity index (χ3n) is 4.83. The normalized spacial score (nSPS) is 21.1. The molecule has 0 saturated carbocycles. The van der Waals surface area contributed by atoms with Gasteiger partial charge < -0.3 is 10.0 Å². The topological polar surface area (TPSA) is 40.5 Å². The summed E-state index contributed by atoms with van der Waals surface area (Å²) >= 11 is 0. The van der Waals surface area contributed by atoms with Gasteiger partial charge in [0.15, 0.2) is 0 Å². The molecule has 0 bridgehead atoms. The molecule has 2 atom stereocenters. The summed E-state index contributed by atoms with van der Waals surface area (Å²) in [7, 11) is 0. The lowest BCUT2D eigenvalue weighted by Gasteiger charge is -2.32. The number of aliphatic carboxylic acids is 1. The van der Waals surface area contributed by atoms with Crippen LogP contribution in [0.25, 0.3) is 0 Å². The Morgan fingerprint density at radius 3 is 2.52 bits per heavy atom. The highest BCUT2D eigenvalue weighted by Gasteiger charge is 2.26. The fourth-order valence-corrected chi connectivity index (χ4v) is 3.47. The fraction of sp³-hybridized carbons (Fsp3) is 0.650. The molecule has 0 amide bonds. The molecule has 0 aliphatic carbocycles. The van der Waals surface area contributed by atoms with E-state index in [4.69, 9.17) is 0 Å². The van der Waals surface area contributed by atoms with E-state index in [1.165, 1.54) is 11.1 Å². The van der Waals surface area contributed by atoms with Crippen molar-refractivity contribution in [3.8, 4) is 0 Å². The number of benzene rings is 1. The van der Waals surface area contributed by atoms with Crippen LogP contribution < -0.4 is 0 Å². The standard InChI is InChI=1S/C20H31NO2/c1-15(13-21-11-5-6-17(14-21)19(22)23)12-16-7-9-18(10-8-16)20(2,3)4/h7-10,15,17H,5-6,11-14H2,1-4H3,(H,22,23). The minimum Gasteiger partial charge on any atom is -0.481 e. The molecule has 1 aromatic carbocycles. The number of hydrogen-bond donors (Lipinski definition) is 1. The summed E-state index contributed by atoms with van der Waals surface area (Å²) in [4.78, 5) is 13.5. The molecule has 1 N–H and O–H groups in total. The van der Waals surface area contributed by atoms with E-state index < -0.39 is 5.97 Å². The Hall–Kier alpha value is -1.35. The molecule has 0 radical (unpaired) electrons. The van der Waals surface area contributed by atoms with Crippen molar-refractivity contribution in [3.63, 3.8) is 0 Å². The first-order valence-corrected chi connectivity index (χ1v) is 8.80. The SMILES string of the molecule is CC(Cc1ccc(C(C)(C)C)cc1)CN1CCCC(C(=O)O)C1. The van der Waals surface area contributed by atoms with E-state index in [1.54, 1.807) is 0 Å². The molecule has 128 valence electrons. The molecule has 2 unspecified atom stereocenters. The van der Waals surface area contributed by atoms with Crippen molar-refractivity contribution >= 4 is 5.97 Å². The fourth-order valence-electron chi connectivity index (χ4n) is 3.47. The lowest BCUT2D eigenvalue weighted by Crippen LogP contribution is -2.41. The number of nitrogens with zero attached hydrogens (tertiary/aromatic N) is 1. The summed E-state index contributed by atoms with van der Waals surface area (Å²) in [6.07, 6.45) is 2.89. The summed E-state index contributed by atoms with van der Waals surface area (Å²) in [5, 5.41) is 9.19. The van der Waals surface area contributed by atoms with Crippen LogP contribution in [0.3, 0.4) is 0 Å². The monoisotopic (exact) mass is 317 g/mol. The number of carboxylic acids is 1. The van der Waals surface area contributed by atoms with E-state index in [0.29, 0.717) is 12.5 Å². The van der Waals surface area contributed by atoms with Crippen LogP contribution in [0.1, 0.15) is 51.7 Å². The van der Waals surface area contributed by atoms with E-state index in [2.05, 4.69) is 56.9 Å². The van der Waals surface area contributed by atoms with Crippen molar-refractivity contribution in [3.05, 3.63) is 35.4 Å². The van der Waals surface area contributed by atoms with Crippen LogP contribution in [0, 0.1) is 11.8 Å². The van der Waals surface area contributed by atoms with Gasteiger partial charge in [-0.2, -0.15) is 0 Å². The minimum absolute atomic E-state index is 0.179. The first-order chi connectivity index (χ1) is 10.8. The van der Waals surface area contributed by atoms with Crippen LogP contribution in [0.15, 0.2) is 24.3 Å². The molecule has 1 aliphatic rings. The second kappa shape index (κ2) is 7.48. The molecule has 3 nitrogen and oxygen atoms in total. The average Bonchev–Trinajstić information content (AvgIpc) is 2.47. The Morgan fingerprint density at radius 2 is 1.96 bits per heavy atom. The third-order valence-corrected chi connectivity index (χ3v) is 4.83. The summed E-state index contributed by atoms with van der Waals surface area (Å²) in [6, 6.07) is 8.97. The lowest BCUT2D eigenvalue weighted by molar-refractivity contribution is -0.143. The van der Waals surface area contributed by atoms with Crippen LogP contribution in [-0.4, -0.2) is 35.6 Å². The highest BCUT2D eigenvalue weighted by Crippen LogP contribution is 2.23. The zero-order valence-electron chi connectivity index (χ0n) is 15.0. The quantitative estimate of drug-likeness (QED) is 0.893. The zero-order valence-corrected chi connectivity index (χ0v) is 15.0. The van der Waals surface area contributed by atoms with E-state index in [0.717, 1.165) is 32.4 Å². The van der Waals surface area contributed by atoms with Crippen molar-refractivity contribution in [2.24, 2.45) is 11.8 Å². The van der Waals surface area contributed by atoms with Crippen LogP contribution in [0.5, 0.6) is 0 Å². The molecule has 1 saturated heterocycles. The molecule has 1 aliphatic heterocycles. The van der Waals surface area contributed by atoms with Crippen LogP contribution in [0.4, 0.5) is 0 Å². The number of hydrogen-bond acceptors (Lipinski definition) is 2. The van der Waals surface area contributed by atoms with Crippen molar-refractivity contribution in [2.45, 2.75) is 52.4 Å². The summed E-state index contributed by atoms with van der Waals surface area (Å²) in [5.41, 5.74) is 2.94. The molecule has 2 rings (SSSR count). The Labute approximate surface area is 140 Å². The van der Waals surface area contributed by atoms with E-state index in [9.17, 15) is 9.90 Å². The first kappa shape index (κ1) is 18.0. The van der Waals surface area contributed by atoms with Gasteiger partial charge in [0, 0.05) is 13.1 Å². The molecular formula is C20H31NO2. The second-order valence-electron chi connectivity index (χ2n) is 8.19. The van der Waals surface area contributed by atoms with Gasteiger partial charge in [0.2, 0.25) is 0 Å². The second-order valence-corrected chi connectivity index (χ2v) is 8.19. The van der Waals surface area contributed by atoms with Gasteiger partial charge in [-0.15, -0.1) is 0 Å². The Kier molecular flexibility index (Phi) is 5.85. The van der Waals surface area contributed by atoms with Crippen LogP contribution >= 0.6 is 0 Å². The smallest absolute Gasteiger partial charge is 0.307 e. The van der Waals surface area contributed by atoms with E-state index >= 15 is 0 Å². The highest BCUT2D eigenvalue weighted by molar-refractivity contribution is 5.70. The molecular weight excluding hydrogens is 286 g/mol. The Morgan fingerprint density at radius 1 is 1.30 bits per heavy atom. The highest BCUT2D eigenvalue weighted by atomic mass is 16.4. The van der Waals surface area contributed by atoms with Crippen molar-refractivity contribution in [1.29, 1.82) is 0 Å². The minimum atomic E-state index is -0.639. The number of carbonyl (C=O) groups is 1. The van der Waals surface area contributed by atoms with Gasteiger partial charge in [-0.25, -0.2) is 0 Å². The summed E-state index contributed by atoms with van der Waals surface area (Å²) < 4.78 is 0. The van der Waals surface area contributed by atoms with E-state index in [1.807, 2.05) is 0 Å². The zero-order chi connectivity index (χ0) is 17.0. The predicted octanol–water partition coefficient (Wildman–Crippen LogP) is 3.96. The molecule has 1 aromatic rings. The maximum absolute atomic E-state index is 11.2. The average molecular weight is 317 g/mol.